The first-order valence-electron chi connectivity index (χ1n) is 3.85. The summed E-state index contributed by atoms with van der Waals surface area (Å²) in [4.78, 5) is 20.3. The maximum absolute atomic E-state index is 10.7. The van der Waals surface area contributed by atoms with Crippen molar-refractivity contribution >= 4 is 5.97 Å². The van der Waals surface area contributed by atoms with E-state index in [1.165, 1.54) is 0 Å². The number of esters is 1. The Labute approximate surface area is 75.7 Å². The fourth-order valence-corrected chi connectivity index (χ4v) is 0.942. The Morgan fingerprint density at radius 2 is 2.23 bits per heavy atom. The third-order valence-electron chi connectivity index (χ3n) is 1.56. The van der Waals surface area contributed by atoms with E-state index in [0.717, 1.165) is 7.11 Å². The first-order valence-corrected chi connectivity index (χ1v) is 3.85. The summed E-state index contributed by atoms with van der Waals surface area (Å²) in [6, 6.07) is 0. The van der Waals surface area contributed by atoms with E-state index in [4.69, 9.17) is 5.11 Å². The molecule has 0 aromatic heterocycles. The molecule has 0 aliphatic carbocycles. The average Bonchev–Trinajstić information content (AvgIpc) is 2.01. The number of aliphatic hydroxyl groups excluding tert-OH is 1. The van der Waals surface area contributed by atoms with Crippen molar-refractivity contribution in [2.75, 3.05) is 13.7 Å². The Hall–Kier alpha value is -1.17. The molecule has 0 rings (SSSR count). The van der Waals surface area contributed by atoms with Gasteiger partial charge in [-0.15, -0.1) is 0 Å². The number of hydrogen-bond acceptors (Lipinski definition) is 5. The number of carbonyl (C=O) groups is 1. The van der Waals surface area contributed by atoms with Gasteiger partial charge in [0.1, 0.15) is 0 Å². The van der Waals surface area contributed by atoms with E-state index in [0.29, 0.717) is 0 Å². The highest BCUT2D eigenvalue weighted by molar-refractivity contribution is 5.74. The van der Waals surface area contributed by atoms with Crippen LogP contribution in [0.4, 0.5) is 0 Å². The Kier molecular flexibility index (Phi) is 4.98. The number of methoxy groups -OCH3 is 1. The highest BCUT2D eigenvalue weighted by Crippen LogP contribution is 2.07. The predicted octanol–water partition coefficient (Wildman–Crippen LogP) is -0.177. The van der Waals surface area contributed by atoms with E-state index in [1.54, 1.807) is 6.92 Å². The third kappa shape index (κ3) is 5.13. The second kappa shape index (κ2) is 5.47. The topological polar surface area (TPSA) is 89.7 Å². The Morgan fingerprint density at radius 3 is 2.62 bits per heavy atom. The lowest BCUT2D eigenvalue weighted by Crippen LogP contribution is -2.26. The third-order valence-corrected chi connectivity index (χ3v) is 1.56. The van der Waals surface area contributed by atoms with Gasteiger partial charge in [-0.1, -0.05) is 6.92 Å². The molecular formula is C7H13NO5. The summed E-state index contributed by atoms with van der Waals surface area (Å²) >= 11 is 0. The van der Waals surface area contributed by atoms with Crippen LogP contribution in [0.15, 0.2) is 0 Å². The van der Waals surface area contributed by atoms with Crippen LogP contribution in [-0.2, 0) is 9.53 Å². The number of nitrogens with zero attached hydrogens (tertiary/aromatic N) is 1. The fraction of sp³-hybridized carbons (Fsp3) is 0.857. The first-order chi connectivity index (χ1) is 5.97. The summed E-state index contributed by atoms with van der Waals surface area (Å²) in [5.41, 5.74) is 0. The Morgan fingerprint density at radius 1 is 1.69 bits per heavy atom. The lowest BCUT2D eigenvalue weighted by atomic mass is 10.0. The van der Waals surface area contributed by atoms with Gasteiger partial charge in [0, 0.05) is 10.8 Å². The van der Waals surface area contributed by atoms with Crippen molar-refractivity contribution in [1.29, 1.82) is 0 Å². The molecule has 0 saturated heterocycles. The molecule has 0 saturated carbocycles. The molecular weight excluding hydrogens is 178 g/mol. The normalized spacial score (nSPS) is 14.7. The SMILES string of the molecule is COC(=O)[C@@H](O)C[C@@H](C)C[N+](=O)[O-]. The van der Waals surface area contributed by atoms with E-state index in [1.807, 2.05) is 0 Å². The van der Waals surface area contributed by atoms with E-state index in [9.17, 15) is 14.9 Å². The molecule has 0 aromatic carbocycles. The molecule has 0 heterocycles. The van der Waals surface area contributed by atoms with E-state index >= 15 is 0 Å². The van der Waals surface area contributed by atoms with Crippen molar-refractivity contribution in [3.8, 4) is 0 Å². The summed E-state index contributed by atoms with van der Waals surface area (Å²) in [6.45, 7) is 1.34. The van der Waals surface area contributed by atoms with Crippen LogP contribution in [0.2, 0.25) is 0 Å². The monoisotopic (exact) mass is 191 g/mol. The van der Waals surface area contributed by atoms with Gasteiger partial charge >= 0.3 is 5.97 Å². The number of aliphatic hydroxyl groups is 1. The number of nitro groups is 1. The summed E-state index contributed by atoms with van der Waals surface area (Å²) < 4.78 is 4.26. The molecule has 0 amide bonds. The summed E-state index contributed by atoms with van der Waals surface area (Å²) in [5, 5.41) is 19.1. The van der Waals surface area contributed by atoms with Crippen LogP contribution in [0.25, 0.3) is 0 Å². The minimum atomic E-state index is -1.26. The minimum absolute atomic E-state index is 0.0493. The van der Waals surface area contributed by atoms with Gasteiger partial charge in [-0.05, 0) is 6.42 Å². The Bertz CT molecular complexity index is 193. The lowest BCUT2D eigenvalue weighted by Gasteiger charge is -2.10. The van der Waals surface area contributed by atoms with Gasteiger partial charge in [-0.25, -0.2) is 4.79 Å². The van der Waals surface area contributed by atoms with Crippen molar-refractivity contribution in [3.05, 3.63) is 10.1 Å². The summed E-state index contributed by atoms with van der Waals surface area (Å²) in [5.74, 6) is -1.10. The van der Waals surface area contributed by atoms with Gasteiger partial charge in [0.15, 0.2) is 6.10 Å². The van der Waals surface area contributed by atoms with E-state index < -0.39 is 17.0 Å². The van der Waals surface area contributed by atoms with Crippen LogP contribution >= 0.6 is 0 Å². The second-order valence-corrected chi connectivity index (χ2v) is 2.90. The lowest BCUT2D eigenvalue weighted by molar-refractivity contribution is -0.487. The van der Waals surface area contributed by atoms with Crippen LogP contribution in [0.3, 0.4) is 0 Å². The molecule has 1 N–H and O–H groups in total. The molecule has 76 valence electrons. The second-order valence-electron chi connectivity index (χ2n) is 2.90. The molecule has 0 unspecified atom stereocenters. The molecule has 2 atom stereocenters. The molecule has 6 heteroatoms. The molecule has 13 heavy (non-hydrogen) atoms. The zero-order chi connectivity index (χ0) is 10.4. The minimum Gasteiger partial charge on any atom is -0.467 e. The fourth-order valence-electron chi connectivity index (χ4n) is 0.942. The van der Waals surface area contributed by atoms with Crippen molar-refractivity contribution in [3.63, 3.8) is 0 Å². The molecule has 0 bridgehead atoms. The van der Waals surface area contributed by atoms with E-state index in [2.05, 4.69) is 4.74 Å². The van der Waals surface area contributed by atoms with Crippen molar-refractivity contribution in [2.24, 2.45) is 5.92 Å². The van der Waals surface area contributed by atoms with Crippen LogP contribution in [0, 0.1) is 16.0 Å². The maximum atomic E-state index is 10.7. The number of rotatable bonds is 5. The highest BCUT2D eigenvalue weighted by Gasteiger charge is 2.21. The molecule has 0 aliphatic heterocycles. The smallest absolute Gasteiger partial charge is 0.334 e. The molecule has 0 aliphatic rings. The number of ether oxygens (including phenoxy) is 1. The Balaban J connectivity index is 3.83. The van der Waals surface area contributed by atoms with Crippen LogP contribution in [0.5, 0.6) is 0 Å². The standard InChI is InChI=1S/C7H13NO5/c1-5(4-8(11)12)3-6(9)7(10)13-2/h5-6,9H,3-4H2,1-2H3/t5-,6+/m1/s1. The maximum Gasteiger partial charge on any atom is 0.334 e. The van der Waals surface area contributed by atoms with Crippen LogP contribution in [0.1, 0.15) is 13.3 Å². The molecule has 6 nitrogen and oxygen atoms in total. The van der Waals surface area contributed by atoms with Gasteiger partial charge in [0.2, 0.25) is 6.54 Å². The average molecular weight is 191 g/mol. The quantitative estimate of drug-likeness (QED) is 0.370. The number of hydrogen-bond donors (Lipinski definition) is 1. The highest BCUT2D eigenvalue weighted by atomic mass is 16.6. The van der Waals surface area contributed by atoms with Crippen molar-refractivity contribution in [1.82, 2.24) is 0 Å². The van der Waals surface area contributed by atoms with Crippen LogP contribution < -0.4 is 0 Å². The zero-order valence-electron chi connectivity index (χ0n) is 7.60. The van der Waals surface area contributed by atoms with Gasteiger partial charge < -0.3 is 9.84 Å². The summed E-state index contributed by atoms with van der Waals surface area (Å²) in [6.07, 6.45) is -1.21. The van der Waals surface area contributed by atoms with Gasteiger partial charge in [-0.3, -0.25) is 10.1 Å². The van der Waals surface area contributed by atoms with Gasteiger partial charge in [-0.2, -0.15) is 0 Å². The molecule has 0 spiro atoms. The molecule has 0 radical (unpaired) electrons. The van der Waals surface area contributed by atoms with Crippen LogP contribution in [-0.4, -0.2) is 35.8 Å². The first kappa shape index (κ1) is 11.8. The van der Waals surface area contributed by atoms with Gasteiger partial charge in [0.05, 0.1) is 7.11 Å². The van der Waals surface area contributed by atoms with Crippen molar-refractivity contribution in [2.45, 2.75) is 19.4 Å². The summed E-state index contributed by atoms with van der Waals surface area (Å²) in [7, 11) is 1.16. The molecule has 0 aromatic rings. The van der Waals surface area contributed by atoms with Crippen molar-refractivity contribution < 1.29 is 19.6 Å². The largest absolute Gasteiger partial charge is 0.467 e. The van der Waals surface area contributed by atoms with E-state index in [-0.39, 0.29) is 18.9 Å². The number of carbonyl (C=O) groups excluding carboxylic acids is 1. The van der Waals surface area contributed by atoms with Gasteiger partial charge in [0.25, 0.3) is 0 Å². The predicted molar refractivity (Wildman–Crippen MR) is 43.7 cm³/mol. The zero-order valence-corrected chi connectivity index (χ0v) is 7.60. The molecule has 0 fully saturated rings.